The Hall–Kier alpha value is -2.81. The molecule has 1 aromatic heterocycles. The Bertz CT molecular complexity index is 719. The molecule has 9 nitrogen and oxygen atoms in total. The lowest BCUT2D eigenvalue weighted by atomic mass is 10.2. The molecular formula is C16H23ClN6O3. The third-order valence-electron chi connectivity index (χ3n) is 3.33. The minimum Gasteiger partial charge on any atom is -0.465 e. The minimum atomic E-state index is -0.484. The molecule has 0 saturated heterocycles. The normalized spacial score (nSPS) is 9.92. The molecule has 26 heavy (non-hydrogen) atoms. The van der Waals surface area contributed by atoms with Crippen LogP contribution >= 0.6 is 12.4 Å². The van der Waals surface area contributed by atoms with Gasteiger partial charge in [-0.1, -0.05) is 17.3 Å². The number of aromatic nitrogens is 3. The molecule has 0 fully saturated rings. The number of nitrogens with one attached hydrogen (secondary N) is 1. The average Bonchev–Trinajstić information content (AvgIpc) is 2.99. The molecule has 0 bridgehead atoms. The number of rotatable bonds is 7. The maximum Gasteiger partial charge on any atom is 0.325 e. The van der Waals surface area contributed by atoms with E-state index in [2.05, 4.69) is 15.6 Å². The average molecular weight is 383 g/mol. The van der Waals surface area contributed by atoms with E-state index < -0.39 is 12.0 Å². The van der Waals surface area contributed by atoms with Crippen molar-refractivity contribution < 1.29 is 14.3 Å². The molecule has 0 aliphatic rings. The van der Waals surface area contributed by atoms with Gasteiger partial charge in [0.25, 0.3) is 0 Å². The maximum absolute atomic E-state index is 12.5. The van der Waals surface area contributed by atoms with E-state index in [9.17, 15) is 9.59 Å². The van der Waals surface area contributed by atoms with Crippen molar-refractivity contribution >= 4 is 30.1 Å². The number of halogens is 1. The zero-order valence-corrected chi connectivity index (χ0v) is 15.5. The fourth-order valence-corrected chi connectivity index (χ4v) is 2.18. The molecule has 3 N–H and O–H groups in total. The minimum absolute atomic E-state index is 0. The van der Waals surface area contributed by atoms with Crippen molar-refractivity contribution in [3.05, 3.63) is 41.7 Å². The second-order valence-electron chi connectivity index (χ2n) is 5.44. The van der Waals surface area contributed by atoms with Gasteiger partial charge in [0, 0.05) is 25.5 Å². The summed E-state index contributed by atoms with van der Waals surface area (Å²) >= 11 is 0. The first-order valence-electron chi connectivity index (χ1n) is 7.86. The van der Waals surface area contributed by atoms with E-state index in [1.807, 2.05) is 12.1 Å². The Morgan fingerprint density at radius 1 is 1.27 bits per heavy atom. The Balaban J connectivity index is 0.00000338. The van der Waals surface area contributed by atoms with Gasteiger partial charge in [0.15, 0.2) is 0 Å². The second-order valence-corrected chi connectivity index (χ2v) is 5.44. The lowest BCUT2D eigenvalue weighted by Gasteiger charge is -2.22. The summed E-state index contributed by atoms with van der Waals surface area (Å²) in [5.41, 5.74) is 7.89. The van der Waals surface area contributed by atoms with Gasteiger partial charge in [0.1, 0.15) is 12.2 Å². The zero-order chi connectivity index (χ0) is 18.2. The molecule has 2 amide bonds. The van der Waals surface area contributed by atoms with Gasteiger partial charge in [0.05, 0.1) is 13.2 Å². The molecule has 0 aliphatic heterocycles. The van der Waals surface area contributed by atoms with Crippen molar-refractivity contribution in [2.24, 2.45) is 7.05 Å². The number of amides is 2. The van der Waals surface area contributed by atoms with Crippen LogP contribution in [0.2, 0.25) is 0 Å². The summed E-state index contributed by atoms with van der Waals surface area (Å²) in [5, 5.41) is 10.4. The topological polar surface area (TPSA) is 115 Å². The summed E-state index contributed by atoms with van der Waals surface area (Å²) in [6.45, 7) is 2.38. The largest absolute Gasteiger partial charge is 0.465 e. The van der Waals surface area contributed by atoms with Crippen molar-refractivity contribution in [2.45, 2.75) is 20.0 Å². The number of nitrogen functional groups attached to an aromatic ring is 1. The molecule has 0 aliphatic carbocycles. The van der Waals surface area contributed by atoms with Crippen molar-refractivity contribution in [1.29, 1.82) is 0 Å². The lowest BCUT2D eigenvalue weighted by Crippen LogP contribution is -2.41. The van der Waals surface area contributed by atoms with Crippen LogP contribution in [-0.4, -0.2) is 45.0 Å². The number of anilines is 1. The number of nitrogens with zero attached hydrogens (tertiary/aromatic N) is 4. The summed E-state index contributed by atoms with van der Waals surface area (Å²) in [5.74, 6) is -0.484. The molecule has 0 unspecified atom stereocenters. The van der Waals surface area contributed by atoms with Crippen molar-refractivity contribution in [2.75, 3.05) is 18.9 Å². The van der Waals surface area contributed by atoms with E-state index in [0.29, 0.717) is 17.9 Å². The van der Waals surface area contributed by atoms with Crippen LogP contribution < -0.4 is 11.1 Å². The van der Waals surface area contributed by atoms with Crippen molar-refractivity contribution in [1.82, 2.24) is 25.2 Å². The maximum atomic E-state index is 12.5. The van der Waals surface area contributed by atoms with Crippen LogP contribution in [0.1, 0.15) is 18.2 Å². The van der Waals surface area contributed by atoms with Crippen molar-refractivity contribution in [3.63, 3.8) is 0 Å². The van der Waals surface area contributed by atoms with E-state index in [4.69, 9.17) is 10.5 Å². The lowest BCUT2D eigenvalue weighted by molar-refractivity contribution is -0.141. The number of carbonyl (C=O) groups is 2. The molecule has 0 atom stereocenters. The molecule has 0 saturated carbocycles. The van der Waals surface area contributed by atoms with E-state index in [1.165, 1.54) is 4.90 Å². The van der Waals surface area contributed by atoms with Gasteiger partial charge in [-0.25, -0.2) is 4.79 Å². The third-order valence-corrected chi connectivity index (χ3v) is 3.33. The van der Waals surface area contributed by atoms with Crippen LogP contribution in [0.5, 0.6) is 0 Å². The molecule has 10 heteroatoms. The Morgan fingerprint density at radius 3 is 2.54 bits per heavy atom. The summed E-state index contributed by atoms with van der Waals surface area (Å²) in [4.78, 5) is 25.4. The number of nitrogens with two attached hydrogens (primary N) is 1. The van der Waals surface area contributed by atoms with Gasteiger partial charge in [0.2, 0.25) is 0 Å². The van der Waals surface area contributed by atoms with Crippen LogP contribution in [0.4, 0.5) is 10.5 Å². The molecule has 2 rings (SSSR count). The highest BCUT2D eigenvalue weighted by atomic mass is 35.5. The first-order valence-corrected chi connectivity index (χ1v) is 7.86. The summed E-state index contributed by atoms with van der Waals surface area (Å²) < 4.78 is 6.38. The van der Waals surface area contributed by atoms with Gasteiger partial charge in [-0.3, -0.25) is 9.48 Å². The quantitative estimate of drug-likeness (QED) is 0.547. The van der Waals surface area contributed by atoms with Crippen LogP contribution in [0, 0.1) is 0 Å². The number of hydrogen-bond donors (Lipinski definition) is 2. The second kappa shape index (κ2) is 10.2. The number of esters is 1. The Kier molecular flexibility index (Phi) is 8.36. The standard InChI is InChI=1S/C16H22N6O3.ClH/c1-3-25-15(23)8-18-16(24)22(11-14-10-21(2)20-19-14)9-12-4-6-13(17)7-5-12;/h4-7,10H,3,8-9,11,17H2,1-2H3,(H,18,24);1H. The van der Waals surface area contributed by atoms with E-state index in [1.54, 1.807) is 37.0 Å². The van der Waals surface area contributed by atoms with Gasteiger partial charge in [-0.2, -0.15) is 0 Å². The number of hydrogen-bond acceptors (Lipinski definition) is 6. The van der Waals surface area contributed by atoms with Crippen LogP contribution in [0.25, 0.3) is 0 Å². The number of ether oxygens (including phenoxy) is 1. The predicted molar refractivity (Wildman–Crippen MR) is 98.4 cm³/mol. The fourth-order valence-electron chi connectivity index (χ4n) is 2.18. The summed E-state index contributed by atoms with van der Waals surface area (Å²) in [6, 6.07) is 6.84. The molecule has 2 aromatic rings. The smallest absolute Gasteiger partial charge is 0.325 e. The van der Waals surface area contributed by atoms with E-state index in [-0.39, 0.29) is 32.1 Å². The number of urea groups is 1. The molecule has 0 radical (unpaired) electrons. The highest BCUT2D eigenvalue weighted by Gasteiger charge is 2.17. The van der Waals surface area contributed by atoms with E-state index in [0.717, 1.165) is 5.56 Å². The van der Waals surface area contributed by atoms with Crippen molar-refractivity contribution in [3.8, 4) is 0 Å². The Morgan fingerprint density at radius 2 is 1.96 bits per heavy atom. The highest BCUT2D eigenvalue weighted by molar-refractivity contribution is 5.85. The zero-order valence-electron chi connectivity index (χ0n) is 14.7. The van der Waals surface area contributed by atoms with Crippen LogP contribution in [0.15, 0.2) is 30.5 Å². The monoisotopic (exact) mass is 382 g/mol. The number of aryl methyl sites for hydroxylation is 1. The van der Waals surface area contributed by atoms with Gasteiger partial charge in [-0.15, -0.1) is 17.5 Å². The molecule has 1 heterocycles. The molecule has 0 spiro atoms. The Labute approximate surface area is 157 Å². The predicted octanol–water partition coefficient (Wildman–Crippen LogP) is 1.09. The third kappa shape index (κ3) is 6.60. The van der Waals surface area contributed by atoms with Gasteiger partial charge >= 0.3 is 12.0 Å². The van der Waals surface area contributed by atoms with E-state index >= 15 is 0 Å². The first-order chi connectivity index (χ1) is 12.0. The SMILES string of the molecule is CCOC(=O)CNC(=O)N(Cc1ccc(N)cc1)Cc1cn(C)nn1.Cl. The van der Waals surface area contributed by atoms with Crippen LogP contribution in [-0.2, 0) is 29.7 Å². The summed E-state index contributed by atoms with van der Waals surface area (Å²) in [7, 11) is 1.75. The van der Waals surface area contributed by atoms with Gasteiger partial charge < -0.3 is 20.7 Å². The molecule has 1 aromatic carbocycles. The number of benzene rings is 1. The highest BCUT2D eigenvalue weighted by Crippen LogP contribution is 2.11. The fraction of sp³-hybridized carbons (Fsp3) is 0.375. The van der Waals surface area contributed by atoms with Crippen LogP contribution in [0.3, 0.4) is 0 Å². The summed E-state index contributed by atoms with van der Waals surface area (Å²) in [6.07, 6.45) is 1.73. The first kappa shape index (κ1) is 21.2. The molecule has 142 valence electrons. The number of carbonyl (C=O) groups excluding carboxylic acids is 2. The van der Waals surface area contributed by atoms with Gasteiger partial charge in [-0.05, 0) is 24.6 Å². The molecular weight excluding hydrogens is 360 g/mol.